The van der Waals surface area contributed by atoms with Crippen LogP contribution in [0.1, 0.15) is 11.1 Å². The molecule has 0 unspecified atom stereocenters. The SMILES string of the molecule is COc1ccccc1-c1csc(-c2ccc(C)cc2C)n1. The summed E-state index contributed by atoms with van der Waals surface area (Å²) in [6, 6.07) is 14.5. The number of thiazole rings is 1. The van der Waals surface area contributed by atoms with E-state index in [0.29, 0.717) is 0 Å². The summed E-state index contributed by atoms with van der Waals surface area (Å²) in [6.07, 6.45) is 0. The van der Waals surface area contributed by atoms with Gasteiger partial charge in [-0.05, 0) is 31.5 Å². The van der Waals surface area contributed by atoms with Crippen LogP contribution in [0.4, 0.5) is 0 Å². The largest absolute Gasteiger partial charge is 0.496 e. The predicted octanol–water partition coefficient (Wildman–Crippen LogP) is 5.10. The van der Waals surface area contributed by atoms with Gasteiger partial charge in [-0.25, -0.2) is 4.98 Å². The first kappa shape index (κ1) is 13.8. The van der Waals surface area contributed by atoms with E-state index in [1.54, 1.807) is 18.4 Å². The molecule has 0 N–H and O–H groups in total. The van der Waals surface area contributed by atoms with Crippen molar-refractivity contribution in [1.29, 1.82) is 0 Å². The molecule has 0 aliphatic carbocycles. The molecule has 3 heteroatoms. The maximum absolute atomic E-state index is 5.42. The Balaban J connectivity index is 2.04. The number of aromatic nitrogens is 1. The average molecular weight is 295 g/mol. The van der Waals surface area contributed by atoms with Crippen molar-refractivity contribution in [2.45, 2.75) is 13.8 Å². The summed E-state index contributed by atoms with van der Waals surface area (Å²) in [4.78, 5) is 4.79. The molecule has 0 saturated carbocycles. The van der Waals surface area contributed by atoms with E-state index in [1.165, 1.54) is 16.7 Å². The number of hydrogen-bond acceptors (Lipinski definition) is 3. The third kappa shape index (κ3) is 2.69. The molecule has 0 aliphatic heterocycles. The molecule has 2 aromatic carbocycles. The zero-order valence-electron chi connectivity index (χ0n) is 12.4. The molecule has 0 saturated heterocycles. The van der Waals surface area contributed by atoms with E-state index in [0.717, 1.165) is 22.0 Å². The Morgan fingerprint density at radius 1 is 1.00 bits per heavy atom. The van der Waals surface area contributed by atoms with E-state index >= 15 is 0 Å². The number of aryl methyl sites for hydroxylation is 2. The molecule has 0 atom stereocenters. The highest BCUT2D eigenvalue weighted by atomic mass is 32.1. The van der Waals surface area contributed by atoms with Crippen LogP contribution in [0.15, 0.2) is 47.8 Å². The number of benzene rings is 2. The van der Waals surface area contributed by atoms with Gasteiger partial charge in [0, 0.05) is 16.5 Å². The van der Waals surface area contributed by atoms with Gasteiger partial charge in [0.1, 0.15) is 10.8 Å². The van der Waals surface area contributed by atoms with Gasteiger partial charge in [0.15, 0.2) is 0 Å². The zero-order chi connectivity index (χ0) is 14.8. The third-order valence-electron chi connectivity index (χ3n) is 3.50. The standard InChI is InChI=1S/C18H17NOS/c1-12-8-9-14(13(2)10-12)18-19-16(11-21-18)15-6-4-5-7-17(15)20-3/h4-11H,1-3H3. The zero-order valence-corrected chi connectivity index (χ0v) is 13.2. The first-order valence-corrected chi connectivity index (χ1v) is 7.73. The number of nitrogens with zero attached hydrogens (tertiary/aromatic N) is 1. The Bertz CT molecular complexity index is 776. The lowest BCUT2D eigenvalue weighted by Crippen LogP contribution is -1.88. The van der Waals surface area contributed by atoms with Gasteiger partial charge in [0.25, 0.3) is 0 Å². The molecular formula is C18H17NOS. The molecule has 0 spiro atoms. The van der Waals surface area contributed by atoms with Crippen molar-refractivity contribution in [3.63, 3.8) is 0 Å². The molecule has 2 nitrogen and oxygen atoms in total. The number of methoxy groups -OCH3 is 1. The molecule has 3 rings (SSSR count). The molecule has 21 heavy (non-hydrogen) atoms. The Morgan fingerprint density at radius 3 is 2.57 bits per heavy atom. The van der Waals surface area contributed by atoms with Crippen LogP contribution in [0.5, 0.6) is 5.75 Å². The van der Waals surface area contributed by atoms with E-state index in [4.69, 9.17) is 9.72 Å². The average Bonchev–Trinajstić information content (AvgIpc) is 2.96. The van der Waals surface area contributed by atoms with Crippen molar-refractivity contribution in [3.8, 4) is 27.6 Å². The Hall–Kier alpha value is -2.13. The molecule has 0 fully saturated rings. The second-order valence-corrected chi connectivity index (χ2v) is 5.91. The lowest BCUT2D eigenvalue weighted by Gasteiger charge is -2.05. The van der Waals surface area contributed by atoms with Crippen molar-refractivity contribution in [3.05, 3.63) is 59.0 Å². The van der Waals surface area contributed by atoms with Crippen LogP contribution >= 0.6 is 11.3 Å². The molecule has 1 heterocycles. The summed E-state index contributed by atoms with van der Waals surface area (Å²) in [5.41, 5.74) is 5.74. The summed E-state index contributed by atoms with van der Waals surface area (Å²) < 4.78 is 5.42. The molecule has 3 aromatic rings. The van der Waals surface area contributed by atoms with Gasteiger partial charge in [0.05, 0.1) is 12.8 Å². The van der Waals surface area contributed by atoms with Crippen molar-refractivity contribution in [2.75, 3.05) is 7.11 Å². The predicted molar refractivity (Wildman–Crippen MR) is 89.0 cm³/mol. The lowest BCUT2D eigenvalue weighted by atomic mass is 10.1. The minimum absolute atomic E-state index is 0.856. The summed E-state index contributed by atoms with van der Waals surface area (Å²) in [6.45, 7) is 4.24. The minimum Gasteiger partial charge on any atom is -0.496 e. The Labute approximate surface area is 129 Å². The molecular weight excluding hydrogens is 278 g/mol. The second kappa shape index (κ2) is 5.70. The van der Waals surface area contributed by atoms with E-state index in [2.05, 4.69) is 37.4 Å². The molecule has 1 aromatic heterocycles. The van der Waals surface area contributed by atoms with Crippen LogP contribution in [0.2, 0.25) is 0 Å². The van der Waals surface area contributed by atoms with Crippen LogP contribution in [0, 0.1) is 13.8 Å². The van der Waals surface area contributed by atoms with E-state index < -0.39 is 0 Å². The fourth-order valence-electron chi connectivity index (χ4n) is 2.43. The van der Waals surface area contributed by atoms with Gasteiger partial charge in [-0.2, -0.15) is 0 Å². The maximum atomic E-state index is 5.42. The van der Waals surface area contributed by atoms with E-state index in [-0.39, 0.29) is 0 Å². The fraction of sp³-hybridized carbons (Fsp3) is 0.167. The molecule has 0 radical (unpaired) electrons. The molecule has 0 aliphatic rings. The normalized spacial score (nSPS) is 10.6. The molecule has 106 valence electrons. The Morgan fingerprint density at radius 2 is 1.81 bits per heavy atom. The van der Waals surface area contributed by atoms with Gasteiger partial charge in [0.2, 0.25) is 0 Å². The van der Waals surface area contributed by atoms with Gasteiger partial charge in [-0.3, -0.25) is 0 Å². The first-order valence-electron chi connectivity index (χ1n) is 6.85. The van der Waals surface area contributed by atoms with Gasteiger partial charge < -0.3 is 4.74 Å². The van der Waals surface area contributed by atoms with Crippen molar-refractivity contribution in [2.24, 2.45) is 0 Å². The van der Waals surface area contributed by atoms with Crippen LogP contribution < -0.4 is 4.74 Å². The molecule has 0 amide bonds. The van der Waals surface area contributed by atoms with Gasteiger partial charge >= 0.3 is 0 Å². The summed E-state index contributed by atoms with van der Waals surface area (Å²) in [7, 11) is 1.69. The van der Waals surface area contributed by atoms with E-state index in [1.807, 2.05) is 24.3 Å². The summed E-state index contributed by atoms with van der Waals surface area (Å²) >= 11 is 1.67. The Kier molecular flexibility index (Phi) is 3.76. The number of hydrogen-bond donors (Lipinski definition) is 0. The highest BCUT2D eigenvalue weighted by Crippen LogP contribution is 2.34. The van der Waals surface area contributed by atoms with Crippen molar-refractivity contribution < 1.29 is 4.74 Å². The van der Waals surface area contributed by atoms with Gasteiger partial charge in [-0.15, -0.1) is 11.3 Å². The topological polar surface area (TPSA) is 22.1 Å². The van der Waals surface area contributed by atoms with Crippen LogP contribution in [0.25, 0.3) is 21.8 Å². The third-order valence-corrected chi connectivity index (χ3v) is 4.37. The van der Waals surface area contributed by atoms with Crippen LogP contribution in [-0.4, -0.2) is 12.1 Å². The van der Waals surface area contributed by atoms with Crippen LogP contribution in [0.3, 0.4) is 0 Å². The highest BCUT2D eigenvalue weighted by molar-refractivity contribution is 7.13. The summed E-state index contributed by atoms with van der Waals surface area (Å²) in [5, 5.41) is 3.14. The van der Waals surface area contributed by atoms with Crippen molar-refractivity contribution in [1.82, 2.24) is 4.98 Å². The number of para-hydroxylation sites is 1. The van der Waals surface area contributed by atoms with Crippen molar-refractivity contribution >= 4 is 11.3 Å². The monoisotopic (exact) mass is 295 g/mol. The minimum atomic E-state index is 0.856. The quantitative estimate of drug-likeness (QED) is 0.670. The smallest absolute Gasteiger partial charge is 0.128 e. The highest BCUT2D eigenvalue weighted by Gasteiger charge is 2.11. The molecule has 0 bridgehead atoms. The first-order chi connectivity index (χ1) is 10.2. The number of ether oxygens (including phenoxy) is 1. The maximum Gasteiger partial charge on any atom is 0.128 e. The summed E-state index contributed by atoms with van der Waals surface area (Å²) in [5.74, 6) is 0.856. The van der Waals surface area contributed by atoms with Gasteiger partial charge in [-0.1, -0.05) is 35.9 Å². The second-order valence-electron chi connectivity index (χ2n) is 5.06. The number of rotatable bonds is 3. The van der Waals surface area contributed by atoms with E-state index in [9.17, 15) is 0 Å². The van der Waals surface area contributed by atoms with Crippen LogP contribution in [-0.2, 0) is 0 Å². The lowest BCUT2D eigenvalue weighted by molar-refractivity contribution is 0.416. The fourth-order valence-corrected chi connectivity index (χ4v) is 3.34.